The lowest BCUT2D eigenvalue weighted by molar-refractivity contribution is 0.117. The number of benzene rings is 1. The fourth-order valence-electron chi connectivity index (χ4n) is 3.59. The van der Waals surface area contributed by atoms with Crippen LogP contribution in [0, 0.1) is 12.8 Å². The maximum atomic E-state index is 5.33. The van der Waals surface area contributed by atoms with Gasteiger partial charge >= 0.3 is 0 Å². The number of pyridine rings is 1. The maximum absolute atomic E-state index is 5.33. The number of nitrogens with one attached hydrogen (secondary N) is 1. The van der Waals surface area contributed by atoms with Crippen molar-refractivity contribution in [2.24, 2.45) is 5.92 Å². The van der Waals surface area contributed by atoms with Gasteiger partial charge in [-0.1, -0.05) is 0 Å². The highest BCUT2D eigenvalue weighted by molar-refractivity contribution is 5.85. The zero-order valence-corrected chi connectivity index (χ0v) is 15.5. The van der Waals surface area contributed by atoms with Gasteiger partial charge in [-0.2, -0.15) is 0 Å². The van der Waals surface area contributed by atoms with Crippen LogP contribution in [0.3, 0.4) is 0 Å². The van der Waals surface area contributed by atoms with Crippen molar-refractivity contribution in [2.45, 2.75) is 19.8 Å². The van der Waals surface area contributed by atoms with Crippen molar-refractivity contribution >= 4 is 16.7 Å². The molecule has 136 valence electrons. The van der Waals surface area contributed by atoms with E-state index in [-0.39, 0.29) is 0 Å². The predicted molar refractivity (Wildman–Crippen MR) is 103 cm³/mol. The average molecular weight is 343 g/mol. The van der Waals surface area contributed by atoms with E-state index in [4.69, 9.17) is 14.5 Å². The summed E-state index contributed by atoms with van der Waals surface area (Å²) in [5.74, 6) is 2.46. The molecule has 1 aliphatic heterocycles. The van der Waals surface area contributed by atoms with E-state index in [2.05, 4.69) is 29.3 Å². The highest BCUT2D eigenvalue weighted by atomic mass is 16.5. The van der Waals surface area contributed by atoms with Crippen molar-refractivity contribution in [1.82, 2.24) is 9.88 Å². The van der Waals surface area contributed by atoms with E-state index in [9.17, 15) is 0 Å². The van der Waals surface area contributed by atoms with E-state index >= 15 is 0 Å². The molecule has 0 aliphatic carbocycles. The van der Waals surface area contributed by atoms with Crippen LogP contribution in [0.1, 0.15) is 18.4 Å². The molecule has 1 unspecified atom stereocenters. The molecule has 1 N–H and O–H groups in total. The molecule has 2 heterocycles. The van der Waals surface area contributed by atoms with Crippen LogP contribution in [0.4, 0.5) is 5.82 Å². The number of rotatable bonds is 7. The number of hydrogen-bond acceptors (Lipinski definition) is 5. The standard InChI is InChI=1S/C20H29N3O2/c1-15-11-20(22-19-12-17(25-3)6-7-18(15)19)21-13-16-5-4-8-23(14-16)9-10-24-2/h6-7,11-12,16H,4-5,8-10,13-14H2,1-3H3,(H,21,22). The molecule has 0 spiro atoms. The first kappa shape index (κ1) is 18.0. The molecule has 1 saturated heterocycles. The second-order valence-electron chi connectivity index (χ2n) is 6.89. The van der Waals surface area contributed by atoms with E-state index in [1.54, 1.807) is 14.2 Å². The van der Waals surface area contributed by atoms with E-state index in [1.807, 2.05) is 12.1 Å². The highest BCUT2D eigenvalue weighted by Gasteiger charge is 2.19. The monoisotopic (exact) mass is 343 g/mol. The molecule has 0 bridgehead atoms. The number of nitrogens with zero attached hydrogens (tertiary/aromatic N) is 2. The summed E-state index contributed by atoms with van der Waals surface area (Å²) < 4.78 is 10.5. The quantitative estimate of drug-likeness (QED) is 0.836. The Morgan fingerprint density at radius 2 is 2.16 bits per heavy atom. The summed E-state index contributed by atoms with van der Waals surface area (Å²) in [5, 5.41) is 4.73. The second-order valence-corrected chi connectivity index (χ2v) is 6.89. The lowest BCUT2D eigenvalue weighted by Gasteiger charge is -2.32. The Balaban J connectivity index is 1.64. The van der Waals surface area contributed by atoms with Crippen LogP contribution in [0.5, 0.6) is 5.75 Å². The Morgan fingerprint density at radius 1 is 1.28 bits per heavy atom. The number of aryl methyl sites for hydroxylation is 1. The zero-order chi connectivity index (χ0) is 17.6. The normalized spacial score (nSPS) is 18.4. The van der Waals surface area contributed by atoms with Crippen molar-refractivity contribution < 1.29 is 9.47 Å². The van der Waals surface area contributed by atoms with Gasteiger partial charge in [-0.25, -0.2) is 4.98 Å². The zero-order valence-electron chi connectivity index (χ0n) is 15.5. The van der Waals surface area contributed by atoms with Crippen molar-refractivity contribution in [3.63, 3.8) is 0 Å². The Hall–Kier alpha value is -1.85. The molecule has 0 amide bonds. The summed E-state index contributed by atoms with van der Waals surface area (Å²) >= 11 is 0. The Bertz CT molecular complexity index is 705. The van der Waals surface area contributed by atoms with Crippen molar-refractivity contribution in [2.75, 3.05) is 52.3 Å². The third kappa shape index (κ3) is 4.61. The largest absolute Gasteiger partial charge is 0.497 e. The summed E-state index contributed by atoms with van der Waals surface area (Å²) in [6.45, 7) is 7.26. The molecule has 25 heavy (non-hydrogen) atoms. The number of ether oxygens (including phenoxy) is 2. The highest BCUT2D eigenvalue weighted by Crippen LogP contribution is 2.25. The lowest BCUT2D eigenvalue weighted by Crippen LogP contribution is -2.39. The topological polar surface area (TPSA) is 46.6 Å². The van der Waals surface area contributed by atoms with Crippen LogP contribution in [0.2, 0.25) is 0 Å². The Morgan fingerprint density at radius 3 is 2.96 bits per heavy atom. The smallest absolute Gasteiger partial charge is 0.126 e. The van der Waals surface area contributed by atoms with Gasteiger partial charge in [0.05, 0.1) is 19.2 Å². The van der Waals surface area contributed by atoms with Crippen LogP contribution in [-0.2, 0) is 4.74 Å². The van der Waals surface area contributed by atoms with Crippen molar-refractivity contribution in [1.29, 1.82) is 0 Å². The summed E-state index contributed by atoms with van der Waals surface area (Å²) in [5.41, 5.74) is 2.22. The van der Waals surface area contributed by atoms with Gasteiger partial charge < -0.3 is 19.7 Å². The third-order valence-electron chi connectivity index (χ3n) is 5.01. The first-order valence-corrected chi connectivity index (χ1v) is 9.10. The molecule has 1 fully saturated rings. The summed E-state index contributed by atoms with van der Waals surface area (Å²) in [4.78, 5) is 7.28. The van der Waals surface area contributed by atoms with E-state index < -0.39 is 0 Å². The van der Waals surface area contributed by atoms with Gasteiger partial charge in [0.15, 0.2) is 0 Å². The molecule has 5 nitrogen and oxygen atoms in total. The molecule has 2 aromatic rings. The first-order valence-electron chi connectivity index (χ1n) is 9.10. The minimum atomic E-state index is 0.661. The molecule has 1 aliphatic rings. The molecule has 1 aromatic heterocycles. The molecule has 0 radical (unpaired) electrons. The summed E-state index contributed by atoms with van der Waals surface area (Å²) in [7, 11) is 3.46. The average Bonchev–Trinajstić information content (AvgIpc) is 2.64. The number of anilines is 1. The number of hydrogen-bond donors (Lipinski definition) is 1. The molecule has 5 heteroatoms. The first-order chi connectivity index (χ1) is 12.2. The molecular weight excluding hydrogens is 314 g/mol. The minimum Gasteiger partial charge on any atom is -0.497 e. The third-order valence-corrected chi connectivity index (χ3v) is 5.01. The van der Waals surface area contributed by atoms with Gasteiger partial charge in [0.1, 0.15) is 11.6 Å². The van der Waals surface area contributed by atoms with Gasteiger partial charge in [-0.15, -0.1) is 0 Å². The predicted octanol–water partition coefficient (Wildman–Crippen LogP) is 3.32. The van der Waals surface area contributed by atoms with E-state index in [0.29, 0.717) is 5.92 Å². The minimum absolute atomic E-state index is 0.661. The number of methoxy groups -OCH3 is 2. The summed E-state index contributed by atoms with van der Waals surface area (Å²) in [6, 6.07) is 8.21. The fourth-order valence-corrected chi connectivity index (χ4v) is 3.59. The number of piperidine rings is 1. The van der Waals surface area contributed by atoms with E-state index in [1.165, 1.54) is 30.3 Å². The van der Waals surface area contributed by atoms with Crippen LogP contribution in [-0.4, -0.2) is 56.9 Å². The molecular formula is C20H29N3O2. The van der Waals surface area contributed by atoms with Crippen molar-refractivity contribution in [3.8, 4) is 5.75 Å². The number of fused-ring (bicyclic) bond motifs is 1. The number of aromatic nitrogens is 1. The fraction of sp³-hybridized carbons (Fsp3) is 0.550. The molecule has 0 saturated carbocycles. The molecule has 1 atom stereocenters. The van der Waals surface area contributed by atoms with Crippen LogP contribution < -0.4 is 10.1 Å². The molecule has 3 rings (SSSR count). The van der Waals surface area contributed by atoms with Crippen molar-refractivity contribution in [3.05, 3.63) is 29.8 Å². The van der Waals surface area contributed by atoms with Gasteiger partial charge in [-0.05, 0) is 56.0 Å². The molecule has 1 aromatic carbocycles. The summed E-state index contributed by atoms with van der Waals surface area (Å²) in [6.07, 6.45) is 2.54. The van der Waals surface area contributed by atoms with Gasteiger partial charge in [0, 0.05) is 38.2 Å². The maximum Gasteiger partial charge on any atom is 0.126 e. The SMILES string of the molecule is COCCN1CCCC(CNc2cc(C)c3ccc(OC)cc3n2)C1. The van der Waals surface area contributed by atoms with Gasteiger partial charge in [0.25, 0.3) is 0 Å². The Kier molecular flexibility index (Phi) is 6.10. The van der Waals surface area contributed by atoms with Gasteiger partial charge in [-0.3, -0.25) is 0 Å². The lowest BCUT2D eigenvalue weighted by atomic mass is 9.98. The number of likely N-dealkylation sites (tertiary alicyclic amines) is 1. The van der Waals surface area contributed by atoms with E-state index in [0.717, 1.165) is 43.3 Å². The second kappa shape index (κ2) is 8.50. The van der Waals surface area contributed by atoms with Crippen LogP contribution in [0.25, 0.3) is 10.9 Å². The Labute approximate surface area is 150 Å². The van der Waals surface area contributed by atoms with Crippen LogP contribution in [0.15, 0.2) is 24.3 Å². The van der Waals surface area contributed by atoms with Crippen LogP contribution >= 0.6 is 0 Å². The van der Waals surface area contributed by atoms with Gasteiger partial charge in [0.2, 0.25) is 0 Å².